The van der Waals surface area contributed by atoms with Crippen molar-refractivity contribution in [2.45, 2.75) is 19.8 Å². The lowest BCUT2D eigenvalue weighted by Gasteiger charge is -2.08. The minimum absolute atomic E-state index is 0.0322. The molecule has 0 spiro atoms. The summed E-state index contributed by atoms with van der Waals surface area (Å²) in [4.78, 5) is 12.4. The number of benzene rings is 2. The van der Waals surface area contributed by atoms with Crippen molar-refractivity contribution in [3.63, 3.8) is 0 Å². The maximum atomic E-state index is 12.4. The fraction of sp³-hybridized carbons (Fsp3) is 0.235. The van der Waals surface area contributed by atoms with Gasteiger partial charge >= 0.3 is 0 Å². The molecule has 2 aromatic carbocycles. The molecule has 0 atom stereocenters. The summed E-state index contributed by atoms with van der Waals surface area (Å²) < 4.78 is 5.14. The molecule has 0 aliphatic carbocycles. The predicted molar refractivity (Wildman–Crippen MR) is 82.0 cm³/mol. The van der Waals surface area contributed by atoms with Crippen LogP contribution in [0.25, 0.3) is 0 Å². The quantitative estimate of drug-likeness (QED) is 0.762. The average Bonchev–Trinajstić information content (AvgIpc) is 2.47. The summed E-state index contributed by atoms with van der Waals surface area (Å²) in [6.07, 6.45) is 0. The van der Waals surface area contributed by atoms with Gasteiger partial charge in [-0.2, -0.15) is 0 Å². The maximum Gasteiger partial charge on any atom is 0.193 e. The second kappa shape index (κ2) is 6.10. The zero-order valence-corrected chi connectivity index (χ0v) is 12.6. The molecule has 0 unspecified atom stereocenters. The summed E-state index contributed by atoms with van der Waals surface area (Å²) in [5.41, 5.74) is 2.46. The molecule has 0 saturated heterocycles. The van der Waals surface area contributed by atoms with Gasteiger partial charge in [0.1, 0.15) is 5.75 Å². The summed E-state index contributed by atoms with van der Waals surface area (Å²) in [6.45, 7) is 4.25. The summed E-state index contributed by atoms with van der Waals surface area (Å²) in [5, 5.41) is 0.499. The molecular weight excluding hydrogens is 272 g/mol. The first-order valence-corrected chi connectivity index (χ1v) is 6.89. The summed E-state index contributed by atoms with van der Waals surface area (Å²) >= 11 is 5.97. The highest BCUT2D eigenvalue weighted by molar-refractivity contribution is 6.32. The van der Waals surface area contributed by atoms with E-state index < -0.39 is 0 Å². The van der Waals surface area contributed by atoms with E-state index in [9.17, 15) is 4.79 Å². The normalized spacial score (nSPS) is 10.7. The van der Waals surface area contributed by atoms with Crippen LogP contribution in [0.1, 0.15) is 41.3 Å². The Kier molecular flexibility index (Phi) is 4.46. The Morgan fingerprint density at radius 3 is 2.20 bits per heavy atom. The number of methoxy groups -OCH3 is 1. The van der Waals surface area contributed by atoms with Gasteiger partial charge in [0.05, 0.1) is 12.1 Å². The van der Waals surface area contributed by atoms with Crippen molar-refractivity contribution < 1.29 is 9.53 Å². The number of ketones is 1. The fourth-order valence-electron chi connectivity index (χ4n) is 1.99. The average molecular weight is 289 g/mol. The first kappa shape index (κ1) is 14.6. The van der Waals surface area contributed by atoms with Crippen molar-refractivity contribution >= 4 is 17.4 Å². The highest BCUT2D eigenvalue weighted by Crippen LogP contribution is 2.26. The van der Waals surface area contributed by atoms with E-state index in [1.807, 2.05) is 24.3 Å². The standard InChI is InChI=1S/C17H17ClO2/c1-11(2)12-4-6-13(7-5-12)17(19)14-8-9-15(18)16(10-14)20-3/h4-11H,1-3H3. The van der Waals surface area contributed by atoms with Gasteiger partial charge in [-0.3, -0.25) is 4.79 Å². The summed E-state index contributed by atoms with van der Waals surface area (Å²) in [6, 6.07) is 12.8. The second-order valence-corrected chi connectivity index (χ2v) is 5.36. The molecule has 2 nitrogen and oxygen atoms in total. The van der Waals surface area contributed by atoms with Gasteiger partial charge in [0.25, 0.3) is 0 Å². The summed E-state index contributed by atoms with van der Waals surface area (Å²) in [5.74, 6) is 0.932. The third-order valence-corrected chi connectivity index (χ3v) is 3.57. The predicted octanol–water partition coefficient (Wildman–Crippen LogP) is 4.70. The Balaban J connectivity index is 2.31. The number of carbonyl (C=O) groups excluding carboxylic acids is 1. The van der Waals surface area contributed by atoms with Crippen LogP contribution < -0.4 is 4.74 Å². The number of hydrogen-bond donors (Lipinski definition) is 0. The molecule has 2 aromatic rings. The monoisotopic (exact) mass is 288 g/mol. The molecular formula is C17H17ClO2. The van der Waals surface area contributed by atoms with E-state index in [2.05, 4.69) is 13.8 Å². The van der Waals surface area contributed by atoms with Gasteiger partial charge < -0.3 is 4.74 Å². The minimum atomic E-state index is -0.0322. The topological polar surface area (TPSA) is 26.3 Å². The Bertz CT molecular complexity index is 615. The SMILES string of the molecule is COc1cc(C(=O)c2ccc(C(C)C)cc2)ccc1Cl. The van der Waals surface area contributed by atoms with Crippen molar-refractivity contribution in [2.75, 3.05) is 7.11 Å². The molecule has 0 saturated carbocycles. The van der Waals surface area contributed by atoms with Crippen LogP contribution in [0.5, 0.6) is 5.75 Å². The minimum Gasteiger partial charge on any atom is -0.495 e. The van der Waals surface area contributed by atoms with Crippen molar-refractivity contribution in [1.82, 2.24) is 0 Å². The van der Waals surface area contributed by atoms with Crippen LogP contribution in [0.4, 0.5) is 0 Å². The van der Waals surface area contributed by atoms with Crippen LogP contribution in [-0.2, 0) is 0 Å². The van der Waals surface area contributed by atoms with Gasteiger partial charge in [0, 0.05) is 11.1 Å². The van der Waals surface area contributed by atoms with Gasteiger partial charge in [-0.1, -0.05) is 49.7 Å². The number of carbonyl (C=O) groups is 1. The van der Waals surface area contributed by atoms with E-state index >= 15 is 0 Å². The number of hydrogen-bond acceptors (Lipinski definition) is 2. The van der Waals surface area contributed by atoms with Gasteiger partial charge in [0.2, 0.25) is 0 Å². The molecule has 0 amide bonds. The van der Waals surface area contributed by atoms with Crippen molar-refractivity contribution in [2.24, 2.45) is 0 Å². The number of halogens is 1. The smallest absolute Gasteiger partial charge is 0.193 e. The third-order valence-electron chi connectivity index (χ3n) is 3.25. The van der Waals surface area contributed by atoms with Gasteiger partial charge in [0.15, 0.2) is 5.78 Å². The highest BCUT2D eigenvalue weighted by Gasteiger charge is 2.12. The van der Waals surface area contributed by atoms with Crippen LogP contribution >= 0.6 is 11.6 Å². The lowest BCUT2D eigenvalue weighted by atomic mass is 9.98. The lowest BCUT2D eigenvalue weighted by molar-refractivity contribution is 0.103. The molecule has 0 heterocycles. The van der Waals surface area contributed by atoms with Gasteiger partial charge in [-0.25, -0.2) is 0 Å². The van der Waals surface area contributed by atoms with E-state index in [1.165, 1.54) is 12.7 Å². The van der Waals surface area contributed by atoms with Crippen LogP contribution in [-0.4, -0.2) is 12.9 Å². The molecule has 0 bridgehead atoms. The molecule has 0 aliphatic heterocycles. The molecule has 20 heavy (non-hydrogen) atoms. The van der Waals surface area contributed by atoms with E-state index in [0.29, 0.717) is 27.8 Å². The molecule has 3 heteroatoms. The first-order valence-electron chi connectivity index (χ1n) is 6.51. The molecule has 2 rings (SSSR count). The Morgan fingerprint density at radius 1 is 1.05 bits per heavy atom. The van der Waals surface area contributed by atoms with E-state index in [4.69, 9.17) is 16.3 Å². The van der Waals surface area contributed by atoms with Gasteiger partial charge in [-0.05, 0) is 29.7 Å². The largest absolute Gasteiger partial charge is 0.495 e. The van der Waals surface area contributed by atoms with E-state index in [-0.39, 0.29) is 5.78 Å². The molecule has 0 N–H and O–H groups in total. The van der Waals surface area contributed by atoms with Crippen LogP contribution in [0.3, 0.4) is 0 Å². The number of ether oxygens (including phenoxy) is 1. The molecule has 104 valence electrons. The Hall–Kier alpha value is -1.80. The van der Waals surface area contributed by atoms with E-state index in [0.717, 1.165) is 0 Å². The Morgan fingerprint density at radius 2 is 1.65 bits per heavy atom. The first-order chi connectivity index (χ1) is 9.52. The molecule has 0 radical (unpaired) electrons. The van der Waals surface area contributed by atoms with E-state index in [1.54, 1.807) is 18.2 Å². The molecule has 0 aromatic heterocycles. The zero-order valence-electron chi connectivity index (χ0n) is 11.8. The van der Waals surface area contributed by atoms with Crippen LogP contribution in [0.15, 0.2) is 42.5 Å². The zero-order chi connectivity index (χ0) is 14.7. The van der Waals surface area contributed by atoms with Crippen LogP contribution in [0.2, 0.25) is 5.02 Å². The fourth-order valence-corrected chi connectivity index (χ4v) is 2.18. The second-order valence-electron chi connectivity index (χ2n) is 4.96. The van der Waals surface area contributed by atoms with Crippen molar-refractivity contribution in [1.29, 1.82) is 0 Å². The summed E-state index contributed by atoms with van der Waals surface area (Å²) in [7, 11) is 1.53. The van der Waals surface area contributed by atoms with Gasteiger partial charge in [-0.15, -0.1) is 0 Å². The van der Waals surface area contributed by atoms with Crippen molar-refractivity contribution in [3.05, 3.63) is 64.2 Å². The highest BCUT2D eigenvalue weighted by atomic mass is 35.5. The third kappa shape index (κ3) is 3.02. The number of rotatable bonds is 4. The van der Waals surface area contributed by atoms with Crippen molar-refractivity contribution in [3.8, 4) is 5.75 Å². The Labute approximate surface area is 124 Å². The molecule has 0 fully saturated rings. The molecule has 0 aliphatic rings. The van der Waals surface area contributed by atoms with Crippen LogP contribution in [0, 0.1) is 0 Å². The maximum absolute atomic E-state index is 12.4. The lowest BCUT2D eigenvalue weighted by Crippen LogP contribution is -2.02.